The van der Waals surface area contributed by atoms with E-state index in [4.69, 9.17) is 0 Å². The zero-order valence-electron chi connectivity index (χ0n) is 10.1. The van der Waals surface area contributed by atoms with Crippen molar-refractivity contribution < 1.29 is 9.18 Å². The molecule has 0 fully saturated rings. The molecule has 0 aliphatic heterocycles. The van der Waals surface area contributed by atoms with Crippen LogP contribution in [0.3, 0.4) is 0 Å². The Kier molecular flexibility index (Phi) is 2.84. The number of aryl methyl sites for hydroxylation is 1. The van der Waals surface area contributed by atoms with Crippen LogP contribution < -0.4 is 0 Å². The molecular formula is C14H14FNO. The zero-order chi connectivity index (χ0) is 12.6. The maximum absolute atomic E-state index is 13.1. The number of rotatable bonds is 2. The molecule has 2 nitrogen and oxygen atoms in total. The highest BCUT2D eigenvalue weighted by Crippen LogP contribution is 2.17. The first-order valence-corrected chi connectivity index (χ1v) is 5.44. The summed E-state index contributed by atoms with van der Waals surface area (Å²) in [5.41, 5.74) is 3.08. The molecule has 0 saturated carbocycles. The minimum absolute atomic E-state index is 0.150. The highest BCUT2D eigenvalue weighted by molar-refractivity contribution is 6.08. The maximum atomic E-state index is 13.1. The largest absolute Gasteiger partial charge is 0.345 e. The summed E-state index contributed by atoms with van der Waals surface area (Å²) in [5.74, 6) is -0.540. The Morgan fingerprint density at radius 3 is 2.47 bits per heavy atom. The molecule has 17 heavy (non-hydrogen) atoms. The monoisotopic (exact) mass is 231 g/mol. The molecule has 0 bridgehead atoms. The van der Waals surface area contributed by atoms with Gasteiger partial charge in [0.1, 0.15) is 5.82 Å². The van der Waals surface area contributed by atoms with Crippen LogP contribution in [-0.4, -0.2) is 10.4 Å². The number of aromatic nitrogens is 1. The van der Waals surface area contributed by atoms with Crippen LogP contribution in [0.15, 0.2) is 30.3 Å². The van der Waals surface area contributed by atoms with Crippen molar-refractivity contribution in [2.45, 2.75) is 13.8 Å². The van der Waals surface area contributed by atoms with Gasteiger partial charge in [-0.15, -0.1) is 0 Å². The molecule has 0 amide bonds. The number of hydrogen-bond donors (Lipinski definition) is 0. The number of halogens is 1. The predicted molar refractivity (Wildman–Crippen MR) is 64.7 cm³/mol. The molecule has 0 atom stereocenters. The number of benzene rings is 1. The predicted octanol–water partition coefficient (Wildman–Crippen LogP) is 3.01. The van der Waals surface area contributed by atoms with E-state index in [-0.39, 0.29) is 5.78 Å². The SMILES string of the molecule is Cc1cc(C(=O)c2cccc(F)c2)n(C)c1C. The van der Waals surface area contributed by atoms with Gasteiger partial charge in [-0.2, -0.15) is 0 Å². The van der Waals surface area contributed by atoms with Crippen LogP contribution in [0.2, 0.25) is 0 Å². The Morgan fingerprint density at radius 1 is 1.24 bits per heavy atom. The van der Waals surface area contributed by atoms with Crippen molar-refractivity contribution in [2.24, 2.45) is 7.05 Å². The van der Waals surface area contributed by atoms with Crippen molar-refractivity contribution in [2.75, 3.05) is 0 Å². The molecule has 2 aromatic rings. The standard InChI is InChI=1S/C14H14FNO/c1-9-7-13(16(3)10(9)2)14(17)11-5-4-6-12(15)8-11/h4-8H,1-3H3. The van der Waals surface area contributed by atoms with E-state index in [0.717, 1.165) is 11.3 Å². The summed E-state index contributed by atoms with van der Waals surface area (Å²) >= 11 is 0. The number of hydrogen-bond acceptors (Lipinski definition) is 1. The molecule has 0 N–H and O–H groups in total. The van der Waals surface area contributed by atoms with Crippen molar-refractivity contribution in [3.63, 3.8) is 0 Å². The summed E-state index contributed by atoms with van der Waals surface area (Å²) in [5, 5.41) is 0. The van der Waals surface area contributed by atoms with Gasteiger partial charge in [0.25, 0.3) is 0 Å². The van der Waals surface area contributed by atoms with Gasteiger partial charge in [0.05, 0.1) is 5.69 Å². The fourth-order valence-electron chi connectivity index (χ4n) is 1.85. The molecule has 1 aromatic heterocycles. The third-order valence-electron chi connectivity index (χ3n) is 3.11. The topological polar surface area (TPSA) is 22.0 Å². The van der Waals surface area contributed by atoms with E-state index in [0.29, 0.717) is 11.3 Å². The molecule has 0 saturated heterocycles. The molecule has 88 valence electrons. The third kappa shape index (κ3) is 2.00. The lowest BCUT2D eigenvalue weighted by molar-refractivity contribution is 0.103. The molecule has 0 unspecified atom stereocenters. The Balaban J connectivity index is 2.47. The molecule has 1 aromatic carbocycles. The average Bonchev–Trinajstić information content (AvgIpc) is 2.56. The minimum Gasteiger partial charge on any atom is -0.345 e. The second-order valence-electron chi connectivity index (χ2n) is 4.20. The first-order chi connectivity index (χ1) is 8.00. The van der Waals surface area contributed by atoms with Gasteiger partial charge in [-0.1, -0.05) is 12.1 Å². The summed E-state index contributed by atoms with van der Waals surface area (Å²) in [6.45, 7) is 3.91. The molecule has 0 aliphatic rings. The van der Waals surface area contributed by atoms with Crippen molar-refractivity contribution in [3.8, 4) is 0 Å². The second-order valence-corrected chi connectivity index (χ2v) is 4.20. The third-order valence-corrected chi connectivity index (χ3v) is 3.11. The van der Waals surface area contributed by atoms with Crippen LogP contribution in [0, 0.1) is 19.7 Å². The molecule has 0 radical (unpaired) electrons. The van der Waals surface area contributed by atoms with E-state index in [1.54, 1.807) is 12.1 Å². The van der Waals surface area contributed by atoms with E-state index in [2.05, 4.69) is 0 Å². The number of nitrogens with zero attached hydrogens (tertiary/aromatic N) is 1. The molecule has 0 spiro atoms. The van der Waals surface area contributed by atoms with Gasteiger partial charge >= 0.3 is 0 Å². The van der Waals surface area contributed by atoms with Gasteiger partial charge in [-0.25, -0.2) is 4.39 Å². The maximum Gasteiger partial charge on any atom is 0.209 e. The first kappa shape index (κ1) is 11.6. The Labute approximate surface area is 99.7 Å². The van der Waals surface area contributed by atoms with E-state index < -0.39 is 5.82 Å². The molecule has 1 heterocycles. The van der Waals surface area contributed by atoms with Gasteiger partial charge in [-0.3, -0.25) is 4.79 Å². The summed E-state index contributed by atoms with van der Waals surface area (Å²) < 4.78 is 14.9. The molecule has 2 rings (SSSR count). The Hall–Kier alpha value is -1.90. The lowest BCUT2D eigenvalue weighted by Gasteiger charge is -2.04. The van der Waals surface area contributed by atoms with Crippen molar-refractivity contribution >= 4 is 5.78 Å². The fourth-order valence-corrected chi connectivity index (χ4v) is 1.85. The molecular weight excluding hydrogens is 217 g/mol. The average molecular weight is 231 g/mol. The van der Waals surface area contributed by atoms with Crippen LogP contribution in [0.1, 0.15) is 27.3 Å². The van der Waals surface area contributed by atoms with Gasteiger partial charge in [0.2, 0.25) is 5.78 Å². The number of carbonyl (C=O) groups excluding carboxylic acids is 1. The van der Waals surface area contributed by atoms with E-state index in [1.807, 2.05) is 31.5 Å². The van der Waals surface area contributed by atoms with Gasteiger partial charge < -0.3 is 4.57 Å². The lowest BCUT2D eigenvalue weighted by atomic mass is 10.1. The summed E-state index contributed by atoms with van der Waals surface area (Å²) in [4.78, 5) is 12.2. The van der Waals surface area contributed by atoms with E-state index in [1.165, 1.54) is 12.1 Å². The Morgan fingerprint density at radius 2 is 1.94 bits per heavy atom. The Bertz CT molecular complexity index is 584. The van der Waals surface area contributed by atoms with Crippen molar-refractivity contribution in [3.05, 3.63) is 58.7 Å². The van der Waals surface area contributed by atoms with Crippen molar-refractivity contribution in [1.82, 2.24) is 4.57 Å². The highest BCUT2D eigenvalue weighted by Gasteiger charge is 2.15. The van der Waals surface area contributed by atoms with Crippen LogP contribution in [0.25, 0.3) is 0 Å². The molecule has 0 aliphatic carbocycles. The minimum atomic E-state index is -0.390. The van der Waals surface area contributed by atoms with E-state index >= 15 is 0 Å². The fraction of sp³-hybridized carbons (Fsp3) is 0.214. The van der Waals surface area contributed by atoms with Gasteiger partial charge in [0.15, 0.2) is 0 Å². The van der Waals surface area contributed by atoms with Gasteiger partial charge in [0, 0.05) is 18.3 Å². The smallest absolute Gasteiger partial charge is 0.209 e. The van der Waals surface area contributed by atoms with E-state index in [9.17, 15) is 9.18 Å². The number of carbonyl (C=O) groups is 1. The summed E-state index contributed by atoms with van der Waals surface area (Å²) in [6, 6.07) is 7.61. The van der Waals surface area contributed by atoms with Gasteiger partial charge in [-0.05, 0) is 37.6 Å². The number of ketones is 1. The molecule has 3 heteroatoms. The lowest BCUT2D eigenvalue weighted by Crippen LogP contribution is -2.08. The first-order valence-electron chi connectivity index (χ1n) is 5.44. The van der Waals surface area contributed by atoms with Crippen LogP contribution in [0.5, 0.6) is 0 Å². The summed E-state index contributed by atoms with van der Waals surface area (Å²) in [7, 11) is 1.84. The summed E-state index contributed by atoms with van der Waals surface area (Å²) in [6.07, 6.45) is 0. The normalized spacial score (nSPS) is 10.6. The van der Waals surface area contributed by atoms with Crippen LogP contribution in [-0.2, 0) is 7.05 Å². The van der Waals surface area contributed by atoms with Crippen molar-refractivity contribution in [1.29, 1.82) is 0 Å². The zero-order valence-corrected chi connectivity index (χ0v) is 10.1. The second kappa shape index (κ2) is 4.17. The van der Waals surface area contributed by atoms with Crippen LogP contribution >= 0.6 is 0 Å². The van der Waals surface area contributed by atoms with Crippen LogP contribution in [0.4, 0.5) is 4.39 Å². The highest BCUT2D eigenvalue weighted by atomic mass is 19.1. The quantitative estimate of drug-likeness (QED) is 0.728.